The Morgan fingerprint density at radius 2 is 1.97 bits per heavy atom. The van der Waals surface area contributed by atoms with E-state index >= 15 is 0 Å². The molecule has 2 aliphatic rings. The molecule has 154 valence electrons. The molecule has 0 saturated carbocycles. The Labute approximate surface area is 170 Å². The van der Waals surface area contributed by atoms with Crippen molar-refractivity contribution in [2.75, 3.05) is 44.7 Å². The van der Waals surface area contributed by atoms with E-state index in [0.717, 1.165) is 25.1 Å². The van der Waals surface area contributed by atoms with E-state index in [2.05, 4.69) is 10.00 Å². The van der Waals surface area contributed by atoms with E-state index in [0.29, 0.717) is 37.5 Å². The van der Waals surface area contributed by atoms with Gasteiger partial charge in [-0.2, -0.15) is 5.10 Å². The van der Waals surface area contributed by atoms with Crippen molar-refractivity contribution in [3.05, 3.63) is 42.2 Å². The molecule has 0 unspecified atom stereocenters. The molecule has 2 aromatic rings. The molecule has 1 atom stereocenters. The Morgan fingerprint density at radius 1 is 1.17 bits per heavy atom. The zero-order chi connectivity index (χ0) is 20.4. The summed E-state index contributed by atoms with van der Waals surface area (Å²) in [6.07, 6.45) is 5.45. The van der Waals surface area contributed by atoms with Crippen molar-refractivity contribution in [1.82, 2.24) is 19.6 Å². The van der Waals surface area contributed by atoms with Crippen molar-refractivity contribution >= 4 is 17.5 Å². The van der Waals surface area contributed by atoms with Crippen molar-refractivity contribution in [2.45, 2.75) is 18.9 Å². The summed E-state index contributed by atoms with van der Waals surface area (Å²) in [6, 6.07) is 7.12. The second kappa shape index (κ2) is 8.24. The van der Waals surface area contributed by atoms with Crippen molar-refractivity contribution in [2.24, 2.45) is 7.05 Å². The molecule has 0 spiro atoms. The molecule has 0 aliphatic carbocycles. The van der Waals surface area contributed by atoms with Gasteiger partial charge in [-0.15, -0.1) is 0 Å². The van der Waals surface area contributed by atoms with Gasteiger partial charge >= 0.3 is 0 Å². The van der Waals surface area contributed by atoms with Crippen LogP contribution >= 0.6 is 0 Å². The number of aryl methyl sites for hydroxylation is 1. The summed E-state index contributed by atoms with van der Waals surface area (Å²) < 4.78 is 6.94. The normalized spacial score (nSPS) is 20.8. The molecule has 29 heavy (non-hydrogen) atoms. The number of hydrogen-bond donors (Lipinski definition) is 0. The smallest absolute Gasteiger partial charge is 0.254 e. The van der Waals surface area contributed by atoms with Gasteiger partial charge < -0.3 is 14.5 Å². The molecule has 3 heterocycles. The van der Waals surface area contributed by atoms with E-state index in [9.17, 15) is 9.59 Å². The van der Waals surface area contributed by atoms with Gasteiger partial charge in [0.2, 0.25) is 5.91 Å². The van der Waals surface area contributed by atoms with E-state index in [-0.39, 0.29) is 17.9 Å². The van der Waals surface area contributed by atoms with E-state index in [1.807, 2.05) is 41.2 Å². The summed E-state index contributed by atoms with van der Waals surface area (Å²) in [5, 5.41) is 4.19. The zero-order valence-electron chi connectivity index (χ0n) is 17.0. The lowest BCUT2D eigenvalue weighted by atomic mass is 10.0. The molecule has 1 aromatic heterocycles. The molecule has 8 heteroatoms. The Balaban J connectivity index is 1.38. The molecule has 1 aromatic carbocycles. The highest BCUT2D eigenvalue weighted by atomic mass is 16.5. The third-order valence-electron chi connectivity index (χ3n) is 5.77. The number of benzene rings is 1. The van der Waals surface area contributed by atoms with E-state index in [1.54, 1.807) is 24.1 Å². The third kappa shape index (κ3) is 3.98. The number of ether oxygens (including phenoxy) is 1. The number of carbonyl (C=O) groups excluding carboxylic acids is 2. The zero-order valence-corrected chi connectivity index (χ0v) is 17.0. The summed E-state index contributed by atoms with van der Waals surface area (Å²) in [5.41, 5.74) is 1.49. The lowest BCUT2D eigenvalue weighted by Gasteiger charge is -2.42. The highest BCUT2D eigenvalue weighted by Crippen LogP contribution is 2.24. The van der Waals surface area contributed by atoms with Crippen molar-refractivity contribution in [3.63, 3.8) is 0 Å². The highest BCUT2D eigenvalue weighted by molar-refractivity contribution is 5.98. The number of methoxy groups -OCH3 is 1. The van der Waals surface area contributed by atoms with Crippen LogP contribution in [0.3, 0.4) is 0 Å². The first kappa shape index (κ1) is 19.4. The van der Waals surface area contributed by atoms with Gasteiger partial charge in [0.15, 0.2) is 0 Å². The Bertz CT molecular complexity index is 888. The minimum absolute atomic E-state index is 0.00973. The van der Waals surface area contributed by atoms with Crippen molar-refractivity contribution < 1.29 is 14.3 Å². The van der Waals surface area contributed by atoms with Gasteiger partial charge in [-0.1, -0.05) is 6.07 Å². The first-order valence-electron chi connectivity index (χ1n) is 10.0. The van der Waals surface area contributed by atoms with Crippen LogP contribution in [0, 0.1) is 0 Å². The number of piperidine rings is 1. The molecule has 0 radical (unpaired) electrons. The Kier molecular flexibility index (Phi) is 5.53. The molecule has 2 fully saturated rings. The van der Waals surface area contributed by atoms with Gasteiger partial charge in [-0.25, -0.2) is 0 Å². The maximum absolute atomic E-state index is 13.1. The number of nitrogens with zero attached hydrogens (tertiary/aromatic N) is 5. The molecule has 8 nitrogen and oxygen atoms in total. The molecule has 4 rings (SSSR count). The van der Waals surface area contributed by atoms with Crippen LogP contribution in [0.25, 0.3) is 0 Å². The van der Waals surface area contributed by atoms with Crippen LogP contribution < -0.4 is 9.64 Å². The second-order valence-corrected chi connectivity index (χ2v) is 7.58. The average Bonchev–Trinajstić information content (AvgIpc) is 3.19. The predicted octanol–water partition coefficient (Wildman–Crippen LogP) is 1.38. The summed E-state index contributed by atoms with van der Waals surface area (Å²) in [7, 11) is 3.45. The molecule has 0 bridgehead atoms. The number of aromatic nitrogens is 2. The fraction of sp³-hybridized carbons (Fsp3) is 0.476. The largest absolute Gasteiger partial charge is 0.497 e. The SMILES string of the molecule is COc1cccc(C(=O)N2CCN([C@@H]3CCCN(c4cnn(C)c4)C3=O)CC2)c1. The quantitative estimate of drug-likeness (QED) is 0.780. The maximum atomic E-state index is 13.1. The third-order valence-corrected chi connectivity index (χ3v) is 5.77. The van der Waals surface area contributed by atoms with Crippen LogP contribution in [0.1, 0.15) is 23.2 Å². The van der Waals surface area contributed by atoms with E-state index in [4.69, 9.17) is 4.74 Å². The lowest BCUT2D eigenvalue weighted by Crippen LogP contribution is -2.58. The van der Waals surface area contributed by atoms with Gasteiger partial charge in [0.05, 0.1) is 25.0 Å². The van der Waals surface area contributed by atoms with Crippen LogP contribution in [-0.2, 0) is 11.8 Å². The van der Waals surface area contributed by atoms with Crippen LogP contribution in [0.5, 0.6) is 5.75 Å². The van der Waals surface area contributed by atoms with Gasteiger partial charge in [-0.05, 0) is 31.0 Å². The predicted molar refractivity (Wildman–Crippen MR) is 109 cm³/mol. The monoisotopic (exact) mass is 397 g/mol. The van der Waals surface area contributed by atoms with Gasteiger partial charge in [0.25, 0.3) is 5.91 Å². The first-order valence-corrected chi connectivity index (χ1v) is 10.0. The number of hydrogen-bond acceptors (Lipinski definition) is 5. The molecular weight excluding hydrogens is 370 g/mol. The minimum atomic E-state index is -0.127. The van der Waals surface area contributed by atoms with E-state index in [1.165, 1.54) is 0 Å². The standard InChI is InChI=1S/C21H27N5O3/c1-23-15-17(14-22-23)26-8-4-7-19(21(26)28)24-9-11-25(12-10-24)20(27)16-5-3-6-18(13-16)29-2/h3,5-6,13-15,19H,4,7-12H2,1-2H3/t19-/m1/s1. The van der Waals surface area contributed by atoms with Crippen molar-refractivity contribution in [1.29, 1.82) is 0 Å². The topological polar surface area (TPSA) is 70.9 Å². The lowest BCUT2D eigenvalue weighted by molar-refractivity contribution is -0.126. The first-order chi connectivity index (χ1) is 14.1. The molecular formula is C21H27N5O3. The number of amides is 2. The average molecular weight is 397 g/mol. The van der Waals surface area contributed by atoms with Crippen molar-refractivity contribution in [3.8, 4) is 5.75 Å². The fourth-order valence-corrected chi connectivity index (χ4v) is 4.17. The van der Waals surface area contributed by atoms with Gasteiger partial charge in [0, 0.05) is 51.5 Å². The Hall–Kier alpha value is -2.87. The number of rotatable bonds is 4. The second-order valence-electron chi connectivity index (χ2n) is 7.58. The Morgan fingerprint density at radius 3 is 2.66 bits per heavy atom. The summed E-state index contributed by atoms with van der Waals surface area (Å²) in [4.78, 5) is 31.8. The summed E-state index contributed by atoms with van der Waals surface area (Å²) >= 11 is 0. The van der Waals surface area contributed by atoms with Gasteiger partial charge in [0.1, 0.15) is 5.75 Å². The molecule has 2 amide bonds. The van der Waals surface area contributed by atoms with Crippen LogP contribution in [0.15, 0.2) is 36.7 Å². The van der Waals surface area contributed by atoms with Crippen LogP contribution in [0.4, 0.5) is 5.69 Å². The number of anilines is 1. The number of piperazine rings is 1. The molecule has 0 N–H and O–H groups in total. The summed E-state index contributed by atoms with van der Waals surface area (Å²) in [6.45, 7) is 3.37. The summed E-state index contributed by atoms with van der Waals surface area (Å²) in [5.74, 6) is 0.824. The van der Waals surface area contributed by atoms with Crippen LogP contribution in [0.2, 0.25) is 0 Å². The number of carbonyl (C=O) groups is 2. The maximum Gasteiger partial charge on any atom is 0.254 e. The molecule has 2 saturated heterocycles. The van der Waals surface area contributed by atoms with Gasteiger partial charge in [-0.3, -0.25) is 19.2 Å². The van der Waals surface area contributed by atoms with Crippen LogP contribution in [-0.4, -0.2) is 77.3 Å². The minimum Gasteiger partial charge on any atom is -0.497 e. The van der Waals surface area contributed by atoms with E-state index < -0.39 is 0 Å². The highest BCUT2D eigenvalue weighted by Gasteiger charge is 2.36. The molecule has 2 aliphatic heterocycles. The fourth-order valence-electron chi connectivity index (χ4n) is 4.17.